The zero-order valence-electron chi connectivity index (χ0n) is 12.3. The number of alkyl halides is 1. The van der Waals surface area contributed by atoms with Crippen LogP contribution < -0.4 is 4.74 Å². The van der Waals surface area contributed by atoms with Gasteiger partial charge >= 0.3 is 0 Å². The van der Waals surface area contributed by atoms with Crippen molar-refractivity contribution in [1.29, 1.82) is 0 Å². The summed E-state index contributed by atoms with van der Waals surface area (Å²) in [5.74, 6) is 2.06. The molecule has 0 N–H and O–H groups in total. The lowest BCUT2D eigenvalue weighted by Crippen LogP contribution is -2.39. The normalized spacial score (nSPS) is 28.2. The van der Waals surface area contributed by atoms with Crippen molar-refractivity contribution >= 4 is 11.6 Å². The second kappa shape index (κ2) is 5.70. The molecule has 2 nitrogen and oxygen atoms in total. The highest BCUT2D eigenvalue weighted by molar-refractivity contribution is 6.20. The molecule has 0 aliphatic heterocycles. The molecule has 3 atom stereocenters. The number of ether oxygens (including phenoxy) is 1. The smallest absolute Gasteiger partial charge is 0.140 e. The average Bonchev–Trinajstić information content (AvgIpc) is 2.38. The van der Waals surface area contributed by atoms with Gasteiger partial charge in [-0.15, -0.1) is 11.6 Å². The van der Waals surface area contributed by atoms with Gasteiger partial charge in [0.05, 0.1) is 12.8 Å². The summed E-state index contributed by atoms with van der Waals surface area (Å²) in [6, 6.07) is 3.90. The van der Waals surface area contributed by atoms with Crippen LogP contribution in [0.2, 0.25) is 0 Å². The van der Waals surface area contributed by atoms with Crippen molar-refractivity contribution in [1.82, 2.24) is 4.98 Å². The Balaban J connectivity index is 2.31. The van der Waals surface area contributed by atoms with E-state index in [1.807, 2.05) is 18.3 Å². The number of aromatic nitrogens is 1. The summed E-state index contributed by atoms with van der Waals surface area (Å²) in [5, 5.41) is 0.227. The monoisotopic (exact) mass is 281 g/mol. The van der Waals surface area contributed by atoms with Gasteiger partial charge in [0.25, 0.3) is 0 Å². The van der Waals surface area contributed by atoms with Crippen molar-refractivity contribution in [3.63, 3.8) is 0 Å². The highest BCUT2D eigenvalue weighted by Crippen LogP contribution is 2.45. The van der Waals surface area contributed by atoms with E-state index in [1.54, 1.807) is 7.11 Å². The predicted molar refractivity (Wildman–Crippen MR) is 80.0 cm³/mol. The van der Waals surface area contributed by atoms with Gasteiger partial charge in [-0.1, -0.05) is 27.2 Å². The largest absolute Gasteiger partial charge is 0.495 e. The molecule has 1 heterocycles. The Morgan fingerprint density at radius 1 is 1.37 bits per heavy atom. The fourth-order valence-corrected chi connectivity index (χ4v) is 4.08. The molecule has 0 amide bonds. The van der Waals surface area contributed by atoms with Crippen LogP contribution in [0.1, 0.15) is 45.7 Å². The number of nitrogens with zero attached hydrogens (tertiary/aromatic N) is 1. The van der Waals surface area contributed by atoms with Gasteiger partial charge in [-0.2, -0.15) is 0 Å². The van der Waals surface area contributed by atoms with Crippen molar-refractivity contribution in [2.24, 2.45) is 11.8 Å². The third kappa shape index (κ3) is 2.89. The second-order valence-corrected chi connectivity index (χ2v) is 6.88. The van der Waals surface area contributed by atoms with E-state index in [-0.39, 0.29) is 10.8 Å². The minimum absolute atomic E-state index is 0.0564. The SMILES string of the molecule is COc1cccnc1C(C)(C)C1CCC(C)CC1Cl. The molecule has 0 bridgehead atoms. The van der Waals surface area contributed by atoms with Crippen LogP contribution >= 0.6 is 11.6 Å². The van der Waals surface area contributed by atoms with Crippen LogP contribution in [0.4, 0.5) is 0 Å². The highest BCUT2D eigenvalue weighted by atomic mass is 35.5. The molecule has 0 radical (unpaired) electrons. The van der Waals surface area contributed by atoms with Crippen LogP contribution in [-0.4, -0.2) is 17.5 Å². The molecule has 1 aliphatic carbocycles. The average molecular weight is 282 g/mol. The number of halogens is 1. The topological polar surface area (TPSA) is 22.1 Å². The lowest BCUT2D eigenvalue weighted by atomic mass is 9.67. The van der Waals surface area contributed by atoms with Crippen molar-refractivity contribution in [3.05, 3.63) is 24.0 Å². The molecular weight excluding hydrogens is 258 g/mol. The van der Waals surface area contributed by atoms with Crippen molar-refractivity contribution in [2.75, 3.05) is 7.11 Å². The summed E-state index contributed by atoms with van der Waals surface area (Å²) in [5.41, 5.74) is 0.974. The van der Waals surface area contributed by atoms with Gasteiger partial charge in [-0.05, 0) is 36.8 Å². The van der Waals surface area contributed by atoms with Crippen molar-refractivity contribution in [2.45, 2.75) is 50.8 Å². The minimum Gasteiger partial charge on any atom is -0.495 e. The summed E-state index contributed by atoms with van der Waals surface area (Å²) < 4.78 is 5.47. The zero-order chi connectivity index (χ0) is 14.0. The lowest BCUT2D eigenvalue weighted by molar-refractivity contribution is 0.200. The molecule has 3 unspecified atom stereocenters. The lowest BCUT2D eigenvalue weighted by Gasteiger charge is -2.41. The summed E-state index contributed by atoms with van der Waals surface area (Å²) in [7, 11) is 1.71. The first-order valence-electron chi connectivity index (χ1n) is 7.10. The molecule has 1 aromatic rings. The number of hydrogen-bond donors (Lipinski definition) is 0. The molecule has 0 spiro atoms. The molecule has 0 aromatic carbocycles. The maximum atomic E-state index is 6.64. The molecule has 1 aliphatic rings. The van der Waals surface area contributed by atoms with E-state index < -0.39 is 0 Å². The molecular formula is C16H24ClNO. The third-order valence-corrected chi connectivity index (χ3v) is 5.04. The Hall–Kier alpha value is -0.760. The van der Waals surface area contributed by atoms with Gasteiger partial charge in [0, 0.05) is 17.0 Å². The van der Waals surface area contributed by atoms with Crippen LogP contribution in [0, 0.1) is 11.8 Å². The Morgan fingerprint density at radius 2 is 2.11 bits per heavy atom. The molecule has 0 saturated heterocycles. The van der Waals surface area contributed by atoms with E-state index in [2.05, 4.69) is 25.8 Å². The van der Waals surface area contributed by atoms with Crippen molar-refractivity contribution in [3.8, 4) is 5.75 Å². The number of hydrogen-bond acceptors (Lipinski definition) is 2. The van der Waals surface area contributed by atoms with E-state index in [0.29, 0.717) is 5.92 Å². The molecule has 19 heavy (non-hydrogen) atoms. The Bertz CT molecular complexity index is 433. The summed E-state index contributed by atoms with van der Waals surface area (Å²) in [6.07, 6.45) is 5.37. The number of rotatable bonds is 3. The maximum absolute atomic E-state index is 6.64. The quantitative estimate of drug-likeness (QED) is 0.766. The van der Waals surface area contributed by atoms with E-state index >= 15 is 0 Å². The Kier molecular flexibility index (Phi) is 4.39. The standard InChI is InChI=1S/C16H24ClNO/c1-11-7-8-12(13(17)10-11)16(2,3)15-14(19-4)6-5-9-18-15/h5-6,9,11-13H,7-8,10H2,1-4H3. The molecule has 3 heteroatoms. The number of pyridine rings is 1. The van der Waals surface area contributed by atoms with E-state index in [1.165, 1.54) is 12.8 Å². The van der Waals surface area contributed by atoms with Crippen LogP contribution in [0.5, 0.6) is 5.75 Å². The minimum atomic E-state index is -0.0564. The molecule has 1 aromatic heterocycles. The first-order valence-corrected chi connectivity index (χ1v) is 7.54. The second-order valence-electron chi connectivity index (χ2n) is 6.32. The van der Waals surface area contributed by atoms with E-state index in [9.17, 15) is 0 Å². The third-order valence-electron chi connectivity index (χ3n) is 4.56. The van der Waals surface area contributed by atoms with E-state index in [0.717, 1.165) is 23.8 Å². The van der Waals surface area contributed by atoms with Gasteiger partial charge in [0.2, 0.25) is 0 Å². The Morgan fingerprint density at radius 3 is 2.74 bits per heavy atom. The van der Waals surface area contributed by atoms with Gasteiger partial charge in [-0.3, -0.25) is 4.98 Å². The van der Waals surface area contributed by atoms with Gasteiger partial charge in [0.1, 0.15) is 5.75 Å². The summed E-state index contributed by atoms with van der Waals surface area (Å²) >= 11 is 6.64. The van der Waals surface area contributed by atoms with Gasteiger partial charge in [-0.25, -0.2) is 0 Å². The summed E-state index contributed by atoms with van der Waals surface area (Å²) in [4.78, 5) is 4.57. The van der Waals surface area contributed by atoms with Crippen molar-refractivity contribution < 1.29 is 4.74 Å². The van der Waals surface area contributed by atoms with Gasteiger partial charge in [0.15, 0.2) is 0 Å². The highest BCUT2D eigenvalue weighted by Gasteiger charge is 2.41. The van der Waals surface area contributed by atoms with Crippen LogP contribution in [0.3, 0.4) is 0 Å². The van der Waals surface area contributed by atoms with Gasteiger partial charge < -0.3 is 4.74 Å². The van der Waals surface area contributed by atoms with Crippen LogP contribution in [0.25, 0.3) is 0 Å². The van der Waals surface area contributed by atoms with Crippen LogP contribution in [0.15, 0.2) is 18.3 Å². The summed E-state index contributed by atoms with van der Waals surface area (Å²) in [6.45, 7) is 6.78. The maximum Gasteiger partial charge on any atom is 0.140 e. The first kappa shape index (κ1) is 14.6. The molecule has 1 fully saturated rings. The zero-order valence-corrected chi connectivity index (χ0v) is 13.1. The molecule has 1 saturated carbocycles. The fraction of sp³-hybridized carbons (Fsp3) is 0.688. The Labute approximate surface area is 121 Å². The predicted octanol–water partition coefficient (Wildman–Crippen LogP) is 4.41. The van der Waals surface area contributed by atoms with E-state index in [4.69, 9.17) is 16.3 Å². The fourth-order valence-electron chi connectivity index (χ4n) is 3.34. The molecule has 106 valence electrons. The first-order chi connectivity index (χ1) is 8.96. The van der Waals surface area contributed by atoms with Crippen LogP contribution in [-0.2, 0) is 5.41 Å². The number of methoxy groups -OCH3 is 1. The molecule has 2 rings (SSSR count).